The van der Waals surface area contributed by atoms with E-state index in [9.17, 15) is 4.79 Å². The van der Waals surface area contributed by atoms with Gasteiger partial charge in [-0.15, -0.1) is 11.8 Å². The van der Waals surface area contributed by atoms with Gasteiger partial charge in [0.25, 0.3) is 0 Å². The number of ether oxygens (including phenoxy) is 1. The second-order valence-corrected chi connectivity index (χ2v) is 4.94. The summed E-state index contributed by atoms with van der Waals surface area (Å²) in [6.45, 7) is 0. The molecule has 1 aromatic carbocycles. The third-order valence-electron chi connectivity index (χ3n) is 2.49. The van der Waals surface area contributed by atoms with Crippen molar-refractivity contribution < 1.29 is 9.53 Å². The molecule has 0 aliphatic carbocycles. The Balaban J connectivity index is 1.90. The Morgan fingerprint density at radius 3 is 3.17 bits per heavy atom. The van der Waals surface area contributed by atoms with Crippen molar-refractivity contribution in [2.75, 3.05) is 24.3 Å². The Morgan fingerprint density at radius 2 is 2.39 bits per heavy atom. The minimum absolute atomic E-state index is 0.197. The van der Waals surface area contributed by atoms with E-state index in [-0.39, 0.29) is 5.97 Å². The van der Waals surface area contributed by atoms with Crippen LogP contribution in [0.4, 0.5) is 5.69 Å². The van der Waals surface area contributed by atoms with Crippen LogP contribution in [0.2, 0.25) is 0 Å². The fourth-order valence-corrected chi connectivity index (χ4v) is 2.35. The fourth-order valence-electron chi connectivity index (χ4n) is 1.58. The third kappa shape index (κ3) is 3.16. The molecule has 0 aliphatic heterocycles. The number of H-pyrrole nitrogens is 1. The first-order valence-corrected chi connectivity index (χ1v) is 6.73. The highest BCUT2D eigenvalue weighted by Gasteiger charge is 2.04. The van der Waals surface area contributed by atoms with Gasteiger partial charge in [-0.25, -0.2) is 4.98 Å². The highest BCUT2D eigenvalue weighted by molar-refractivity contribution is 7.99. The Bertz CT molecular complexity index is 553. The number of aryl methyl sites for hydroxylation is 1. The smallest absolute Gasteiger partial charge is 0.315 e. The van der Waals surface area contributed by atoms with Gasteiger partial charge in [-0.3, -0.25) is 4.79 Å². The van der Waals surface area contributed by atoms with E-state index in [1.807, 2.05) is 18.2 Å². The number of aromatic nitrogens is 2. The van der Waals surface area contributed by atoms with E-state index in [0.29, 0.717) is 5.75 Å². The molecule has 2 rings (SSSR count). The first kappa shape index (κ1) is 12.8. The van der Waals surface area contributed by atoms with E-state index >= 15 is 0 Å². The molecule has 0 amide bonds. The molecule has 0 aliphatic rings. The van der Waals surface area contributed by atoms with E-state index in [1.54, 1.807) is 0 Å². The Kier molecular flexibility index (Phi) is 4.09. The standard InChI is InChI=1S/C12H15N3O2S/c1-17-12(16)7-18-5-4-11-14-9-3-2-8(13)6-10(9)15-11/h2-3,6H,4-5,7,13H2,1H3,(H,14,15). The lowest BCUT2D eigenvalue weighted by Gasteiger charge is -1.98. The van der Waals surface area contributed by atoms with Crippen molar-refractivity contribution in [1.82, 2.24) is 9.97 Å². The van der Waals surface area contributed by atoms with Gasteiger partial charge in [-0.1, -0.05) is 0 Å². The molecule has 6 heteroatoms. The number of nitrogens with two attached hydrogens (primary N) is 1. The molecule has 0 spiro atoms. The minimum Gasteiger partial charge on any atom is -0.468 e. The van der Waals surface area contributed by atoms with Gasteiger partial charge in [0, 0.05) is 17.9 Å². The number of hydrogen-bond donors (Lipinski definition) is 2. The first-order valence-electron chi connectivity index (χ1n) is 5.57. The SMILES string of the molecule is COC(=O)CSCCc1nc2ccc(N)cc2[nH]1. The van der Waals surface area contributed by atoms with E-state index in [0.717, 1.165) is 34.7 Å². The first-order chi connectivity index (χ1) is 8.69. The summed E-state index contributed by atoms with van der Waals surface area (Å²) in [6, 6.07) is 5.60. The molecule has 0 unspecified atom stereocenters. The van der Waals surface area contributed by atoms with Crippen molar-refractivity contribution in [2.24, 2.45) is 0 Å². The number of hydrogen-bond acceptors (Lipinski definition) is 5. The van der Waals surface area contributed by atoms with Gasteiger partial charge >= 0.3 is 5.97 Å². The van der Waals surface area contributed by atoms with Gasteiger partial charge in [0.05, 0.1) is 23.9 Å². The van der Waals surface area contributed by atoms with Crippen molar-refractivity contribution in [3.05, 3.63) is 24.0 Å². The molecule has 1 heterocycles. The van der Waals surface area contributed by atoms with Crippen LogP contribution in [0.25, 0.3) is 11.0 Å². The summed E-state index contributed by atoms with van der Waals surface area (Å²) in [5.41, 5.74) is 8.28. The van der Waals surface area contributed by atoms with Gasteiger partial charge in [-0.05, 0) is 18.2 Å². The van der Waals surface area contributed by atoms with Crippen molar-refractivity contribution in [1.29, 1.82) is 0 Å². The zero-order chi connectivity index (χ0) is 13.0. The summed E-state index contributed by atoms with van der Waals surface area (Å²) in [6.07, 6.45) is 0.788. The lowest BCUT2D eigenvalue weighted by molar-refractivity contribution is -0.137. The van der Waals surface area contributed by atoms with Crippen LogP contribution in [0.15, 0.2) is 18.2 Å². The summed E-state index contributed by atoms with van der Waals surface area (Å²) in [4.78, 5) is 18.6. The monoisotopic (exact) mass is 265 g/mol. The van der Waals surface area contributed by atoms with E-state index < -0.39 is 0 Å². The molecular formula is C12H15N3O2S. The lowest BCUT2D eigenvalue weighted by Crippen LogP contribution is -2.04. The van der Waals surface area contributed by atoms with Crippen LogP contribution in [-0.2, 0) is 16.0 Å². The third-order valence-corrected chi connectivity index (χ3v) is 3.42. The van der Waals surface area contributed by atoms with Crippen LogP contribution in [0.1, 0.15) is 5.82 Å². The largest absolute Gasteiger partial charge is 0.468 e. The molecule has 0 saturated heterocycles. The number of fused-ring (bicyclic) bond motifs is 1. The maximum absolute atomic E-state index is 10.9. The van der Waals surface area contributed by atoms with Crippen LogP contribution in [-0.4, -0.2) is 34.6 Å². The normalized spacial score (nSPS) is 10.7. The number of benzene rings is 1. The van der Waals surface area contributed by atoms with Gasteiger partial charge in [0.2, 0.25) is 0 Å². The number of anilines is 1. The number of methoxy groups -OCH3 is 1. The van der Waals surface area contributed by atoms with Crippen molar-refractivity contribution >= 4 is 34.5 Å². The summed E-state index contributed by atoms with van der Waals surface area (Å²) in [5.74, 6) is 1.92. The van der Waals surface area contributed by atoms with Gasteiger partial charge in [0.1, 0.15) is 5.82 Å². The van der Waals surface area contributed by atoms with Gasteiger partial charge in [-0.2, -0.15) is 0 Å². The average Bonchev–Trinajstić information content (AvgIpc) is 2.76. The molecule has 0 saturated carbocycles. The van der Waals surface area contributed by atoms with E-state index in [4.69, 9.17) is 5.73 Å². The summed E-state index contributed by atoms with van der Waals surface area (Å²) >= 11 is 1.53. The summed E-state index contributed by atoms with van der Waals surface area (Å²) in [5, 5.41) is 0. The Labute approximate surface area is 109 Å². The van der Waals surface area contributed by atoms with E-state index in [2.05, 4.69) is 14.7 Å². The zero-order valence-corrected chi connectivity index (χ0v) is 10.9. The molecule has 3 N–H and O–H groups in total. The lowest BCUT2D eigenvalue weighted by atomic mass is 10.3. The average molecular weight is 265 g/mol. The highest BCUT2D eigenvalue weighted by Crippen LogP contribution is 2.15. The van der Waals surface area contributed by atoms with Gasteiger partial charge < -0.3 is 15.5 Å². The quantitative estimate of drug-likeness (QED) is 0.487. The summed E-state index contributed by atoms with van der Waals surface area (Å²) < 4.78 is 4.57. The number of imidazole rings is 1. The van der Waals surface area contributed by atoms with Crippen molar-refractivity contribution in [3.63, 3.8) is 0 Å². The fraction of sp³-hybridized carbons (Fsp3) is 0.333. The Morgan fingerprint density at radius 1 is 1.56 bits per heavy atom. The van der Waals surface area contributed by atoms with Crippen molar-refractivity contribution in [2.45, 2.75) is 6.42 Å². The van der Waals surface area contributed by atoms with E-state index in [1.165, 1.54) is 18.9 Å². The van der Waals surface area contributed by atoms with Gasteiger partial charge in [0.15, 0.2) is 0 Å². The predicted molar refractivity (Wildman–Crippen MR) is 73.6 cm³/mol. The van der Waals surface area contributed by atoms with Crippen LogP contribution in [0.5, 0.6) is 0 Å². The molecule has 1 aromatic heterocycles. The van der Waals surface area contributed by atoms with Crippen LogP contribution < -0.4 is 5.73 Å². The topological polar surface area (TPSA) is 81.0 Å². The van der Waals surface area contributed by atoms with Crippen LogP contribution >= 0.6 is 11.8 Å². The molecule has 5 nitrogen and oxygen atoms in total. The predicted octanol–water partition coefficient (Wildman–Crippen LogP) is 1.59. The summed E-state index contributed by atoms with van der Waals surface area (Å²) in [7, 11) is 1.40. The van der Waals surface area contributed by atoms with Crippen molar-refractivity contribution in [3.8, 4) is 0 Å². The second-order valence-electron chi connectivity index (χ2n) is 3.84. The molecule has 18 heavy (non-hydrogen) atoms. The minimum atomic E-state index is -0.197. The number of rotatable bonds is 5. The van der Waals surface area contributed by atoms with Crippen LogP contribution in [0.3, 0.4) is 0 Å². The Hall–Kier alpha value is -1.69. The number of esters is 1. The maximum Gasteiger partial charge on any atom is 0.315 e. The molecule has 0 radical (unpaired) electrons. The highest BCUT2D eigenvalue weighted by atomic mass is 32.2. The molecule has 2 aromatic rings. The van der Waals surface area contributed by atoms with Crippen LogP contribution in [0, 0.1) is 0 Å². The molecule has 0 atom stereocenters. The number of carbonyl (C=O) groups is 1. The number of nitrogens with zero attached hydrogens (tertiary/aromatic N) is 1. The number of nitrogen functional groups attached to an aromatic ring is 1. The molecular weight excluding hydrogens is 250 g/mol. The number of thioether (sulfide) groups is 1. The molecule has 0 fully saturated rings. The molecule has 0 bridgehead atoms. The second kappa shape index (κ2) is 5.77. The zero-order valence-electron chi connectivity index (χ0n) is 10.1. The maximum atomic E-state index is 10.9. The number of nitrogens with one attached hydrogen (secondary N) is 1. The molecule has 96 valence electrons. The number of carbonyl (C=O) groups excluding carboxylic acids is 1. The number of aromatic amines is 1.